The Morgan fingerprint density at radius 1 is 1.00 bits per heavy atom. The molecular weight excluding hydrogens is 383 g/mol. The number of ether oxygens (including phenoxy) is 1. The molecule has 30 heavy (non-hydrogen) atoms. The molecule has 1 saturated carbocycles. The van der Waals surface area contributed by atoms with Gasteiger partial charge < -0.3 is 9.30 Å². The van der Waals surface area contributed by atoms with Crippen molar-refractivity contribution in [3.05, 3.63) is 66.3 Å². The van der Waals surface area contributed by atoms with Gasteiger partial charge in [0.2, 0.25) is 0 Å². The minimum Gasteiger partial charge on any atom is -0.385 e. The summed E-state index contributed by atoms with van der Waals surface area (Å²) in [7, 11) is 1.68. The number of fused-ring (bicyclic) bond motifs is 1. The van der Waals surface area contributed by atoms with Crippen molar-refractivity contribution in [1.82, 2.24) is 29.5 Å². The third-order valence-electron chi connectivity index (χ3n) is 5.53. The molecule has 0 radical (unpaired) electrons. The summed E-state index contributed by atoms with van der Waals surface area (Å²) in [4.78, 5) is 21.4. The number of imidazole rings is 1. The number of benzene rings is 1. The van der Waals surface area contributed by atoms with Gasteiger partial charge in [-0.15, -0.1) is 0 Å². The van der Waals surface area contributed by atoms with Crippen molar-refractivity contribution in [1.29, 1.82) is 0 Å². The van der Waals surface area contributed by atoms with Crippen LogP contribution < -0.4 is 0 Å². The summed E-state index contributed by atoms with van der Waals surface area (Å²) < 4.78 is 21.8. The van der Waals surface area contributed by atoms with E-state index in [1.165, 1.54) is 0 Å². The largest absolute Gasteiger partial charge is 0.385 e. The van der Waals surface area contributed by atoms with Crippen molar-refractivity contribution < 1.29 is 9.13 Å². The van der Waals surface area contributed by atoms with Crippen molar-refractivity contribution >= 4 is 11.0 Å². The zero-order chi connectivity index (χ0) is 20.5. The van der Waals surface area contributed by atoms with Crippen LogP contribution in [0.25, 0.3) is 22.7 Å². The molecule has 152 valence electrons. The molecule has 0 bridgehead atoms. The summed E-state index contributed by atoms with van der Waals surface area (Å²) in [5, 5.41) is 0. The summed E-state index contributed by atoms with van der Waals surface area (Å²) in [6.07, 6.45) is 10.5. The Labute approximate surface area is 173 Å². The molecule has 0 N–H and O–H groups in total. The fraction of sp³-hybridized carbons (Fsp3) is 0.318. The Morgan fingerprint density at radius 2 is 1.73 bits per heavy atom. The van der Waals surface area contributed by atoms with Crippen LogP contribution in [0, 0.1) is 5.82 Å². The van der Waals surface area contributed by atoms with Crippen molar-refractivity contribution in [2.45, 2.75) is 31.2 Å². The quantitative estimate of drug-likeness (QED) is 0.437. The van der Waals surface area contributed by atoms with Crippen molar-refractivity contribution in [3.63, 3.8) is 0 Å². The maximum absolute atomic E-state index is 14.7. The van der Waals surface area contributed by atoms with E-state index in [9.17, 15) is 4.39 Å². The predicted octanol–water partition coefficient (Wildman–Crippen LogP) is 3.73. The molecule has 5 rings (SSSR count). The van der Waals surface area contributed by atoms with E-state index in [2.05, 4.69) is 31.0 Å². The van der Waals surface area contributed by atoms with E-state index in [1.807, 2.05) is 17.0 Å². The molecule has 8 heteroatoms. The van der Waals surface area contributed by atoms with Gasteiger partial charge in [0.1, 0.15) is 5.52 Å². The fourth-order valence-corrected chi connectivity index (χ4v) is 3.90. The average Bonchev–Trinajstić information content (AvgIpc) is 3.49. The van der Waals surface area contributed by atoms with E-state index < -0.39 is 0 Å². The zero-order valence-corrected chi connectivity index (χ0v) is 16.6. The molecule has 1 aliphatic carbocycles. The van der Waals surface area contributed by atoms with Gasteiger partial charge in [0.25, 0.3) is 0 Å². The van der Waals surface area contributed by atoms with Gasteiger partial charge >= 0.3 is 0 Å². The highest BCUT2D eigenvalue weighted by molar-refractivity contribution is 5.77. The molecule has 0 aliphatic heterocycles. The average molecular weight is 404 g/mol. The topological polar surface area (TPSA) is 78.6 Å². The van der Waals surface area contributed by atoms with Gasteiger partial charge in [-0.05, 0) is 54.0 Å². The molecule has 3 heterocycles. The second-order valence-corrected chi connectivity index (χ2v) is 7.52. The number of rotatable bonds is 7. The van der Waals surface area contributed by atoms with Crippen molar-refractivity contribution in [2.75, 3.05) is 13.7 Å². The van der Waals surface area contributed by atoms with Gasteiger partial charge in [0, 0.05) is 45.0 Å². The van der Waals surface area contributed by atoms with Crippen LogP contribution in [-0.4, -0.2) is 43.2 Å². The Kier molecular flexibility index (Phi) is 4.92. The van der Waals surface area contributed by atoms with E-state index >= 15 is 0 Å². The molecule has 7 nitrogen and oxygen atoms in total. The summed E-state index contributed by atoms with van der Waals surface area (Å²) in [5.41, 5.74) is 3.30. The van der Waals surface area contributed by atoms with Crippen molar-refractivity contribution in [2.24, 2.45) is 0 Å². The third-order valence-corrected chi connectivity index (χ3v) is 5.53. The number of aromatic nitrogens is 6. The number of hydrogen-bond donors (Lipinski definition) is 0. The normalized spacial score (nSPS) is 18.1. The van der Waals surface area contributed by atoms with Crippen LogP contribution in [0.15, 0.2) is 49.3 Å². The number of halogens is 1. The van der Waals surface area contributed by atoms with Gasteiger partial charge in [0.05, 0.1) is 11.8 Å². The molecule has 1 aromatic carbocycles. The molecular formula is C22H21FN6O. The molecule has 4 aromatic rings. The fourth-order valence-electron chi connectivity index (χ4n) is 3.90. The van der Waals surface area contributed by atoms with E-state index in [0.29, 0.717) is 23.8 Å². The molecule has 1 aliphatic rings. The summed E-state index contributed by atoms with van der Waals surface area (Å²) in [6.45, 7) is 1.41. The smallest absolute Gasteiger partial charge is 0.197 e. The Morgan fingerprint density at radius 3 is 2.50 bits per heavy atom. The monoisotopic (exact) mass is 404 g/mol. The molecule has 2 atom stereocenters. The van der Waals surface area contributed by atoms with Crippen LogP contribution in [0.1, 0.15) is 35.8 Å². The number of aryl methyl sites for hydroxylation is 1. The van der Waals surface area contributed by atoms with E-state index in [0.717, 1.165) is 36.0 Å². The second-order valence-electron chi connectivity index (χ2n) is 7.52. The Bertz CT molecular complexity index is 1160. The third kappa shape index (κ3) is 3.54. The Balaban J connectivity index is 1.36. The van der Waals surface area contributed by atoms with E-state index in [4.69, 9.17) is 4.74 Å². The summed E-state index contributed by atoms with van der Waals surface area (Å²) >= 11 is 0. The second kappa shape index (κ2) is 7.87. The van der Waals surface area contributed by atoms with Crippen LogP contribution in [0.4, 0.5) is 4.39 Å². The Hall–Kier alpha value is -3.26. The number of methoxy groups -OCH3 is 1. The molecule has 0 saturated heterocycles. The highest BCUT2D eigenvalue weighted by Crippen LogP contribution is 2.54. The van der Waals surface area contributed by atoms with Crippen LogP contribution in [0.5, 0.6) is 0 Å². The lowest BCUT2D eigenvalue weighted by Crippen LogP contribution is -2.00. The lowest BCUT2D eigenvalue weighted by atomic mass is 10.1. The van der Waals surface area contributed by atoms with Crippen LogP contribution >= 0.6 is 0 Å². The minimum absolute atomic E-state index is 0.258. The maximum Gasteiger partial charge on any atom is 0.197 e. The van der Waals surface area contributed by atoms with Gasteiger partial charge in [-0.25, -0.2) is 29.3 Å². The maximum atomic E-state index is 14.7. The molecule has 1 fully saturated rings. The van der Waals surface area contributed by atoms with E-state index in [-0.39, 0.29) is 17.7 Å². The summed E-state index contributed by atoms with van der Waals surface area (Å²) in [5.74, 6) is 1.28. The van der Waals surface area contributed by atoms with Crippen LogP contribution in [0.3, 0.4) is 0 Å². The van der Waals surface area contributed by atoms with Gasteiger partial charge in [-0.1, -0.05) is 0 Å². The highest BCUT2D eigenvalue weighted by Gasteiger charge is 2.40. The van der Waals surface area contributed by atoms with Gasteiger partial charge in [-0.3, -0.25) is 0 Å². The first kappa shape index (κ1) is 18.7. The molecule has 0 unspecified atom stereocenters. The summed E-state index contributed by atoms with van der Waals surface area (Å²) in [6, 6.07) is 5.44. The van der Waals surface area contributed by atoms with Crippen molar-refractivity contribution in [3.8, 4) is 11.6 Å². The molecule has 3 aromatic heterocycles. The lowest BCUT2D eigenvalue weighted by Gasteiger charge is -2.07. The standard InChI is InChI=1S/C22H21FN6O/c1-30-7-3-6-29-13-28-20-18(23)8-14(9-19(20)29)16-10-17(16)15-11-26-22(27-12-15)21-24-4-2-5-25-21/h2,4-5,8-9,11-13,16-17H,3,6-7,10H2,1H3/t16-,17-/m0/s1. The van der Waals surface area contributed by atoms with Gasteiger partial charge in [0.15, 0.2) is 17.5 Å². The van der Waals surface area contributed by atoms with Crippen LogP contribution in [0.2, 0.25) is 0 Å². The zero-order valence-electron chi connectivity index (χ0n) is 16.6. The first-order valence-corrected chi connectivity index (χ1v) is 9.97. The lowest BCUT2D eigenvalue weighted by molar-refractivity contribution is 0.190. The molecule has 0 amide bonds. The molecule has 0 spiro atoms. The van der Waals surface area contributed by atoms with Crippen LogP contribution in [-0.2, 0) is 11.3 Å². The SMILES string of the molecule is COCCCn1cnc2c(F)cc([C@@H]3C[C@H]3c3cnc(-c4ncccn4)nc3)cc21. The van der Waals surface area contributed by atoms with E-state index in [1.54, 1.807) is 38.0 Å². The van der Waals surface area contributed by atoms with Gasteiger partial charge in [-0.2, -0.15) is 0 Å². The number of nitrogens with zero attached hydrogens (tertiary/aromatic N) is 6. The number of hydrogen-bond acceptors (Lipinski definition) is 6. The minimum atomic E-state index is -0.272. The predicted molar refractivity (Wildman–Crippen MR) is 109 cm³/mol. The highest BCUT2D eigenvalue weighted by atomic mass is 19.1. The first-order chi connectivity index (χ1) is 14.7. The first-order valence-electron chi connectivity index (χ1n) is 9.97.